The number of hydrogen-bond donors (Lipinski definition) is 0. The van der Waals surface area contributed by atoms with Crippen LogP contribution in [0.4, 0.5) is 0 Å². The molecule has 0 unspecified atom stereocenters. The van der Waals surface area contributed by atoms with E-state index in [-0.39, 0.29) is 6.61 Å². The Kier molecular flexibility index (Phi) is 4.50. The molecule has 0 aliphatic carbocycles. The van der Waals surface area contributed by atoms with Gasteiger partial charge in [-0.25, -0.2) is 4.79 Å². The summed E-state index contributed by atoms with van der Waals surface area (Å²) in [7, 11) is 0. The first-order chi connectivity index (χ1) is 9.65. The van der Waals surface area contributed by atoms with E-state index in [1.54, 1.807) is 12.1 Å². The molecule has 0 N–H and O–H groups in total. The molecule has 20 heavy (non-hydrogen) atoms. The minimum Gasteiger partial charge on any atom is -0.454 e. The molecule has 102 valence electrons. The molecule has 0 spiro atoms. The van der Waals surface area contributed by atoms with Gasteiger partial charge >= 0.3 is 11.9 Å². The molecule has 0 aromatic heterocycles. The maximum absolute atomic E-state index is 11.4. The van der Waals surface area contributed by atoms with Crippen molar-refractivity contribution in [2.45, 2.75) is 6.92 Å². The Morgan fingerprint density at radius 2 is 1.50 bits per heavy atom. The standard InChI is InChI=1S/C16H14O4/c1-12(17)19-11-16(18)20-15-9-7-14(8-10-15)13-5-3-2-4-6-13/h2-10H,11H2,1H3. The first-order valence-corrected chi connectivity index (χ1v) is 6.14. The number of carbonyl (C=O) groups is 2. The molecule has 0 fully saturated rings. The first kappa shape index (κ1) is 13.8. The summed E-state index contributed by atoms with van der Waals surface area (Å²) in [6, 6.07) is 17.0. The van der Waals surface area contributed by atoms with Gasteiger partial charge in [0.25, 0.3) is 0 Å². The molecule has 0 aliphatic rings. The predicted octanol–water partition coefficient (Wildman–Crippen LogP) is 2.82. The van der Waals surface area contributed by atoms with Crippen LogP contribution in [0.15, 0.2) is 54.6 Å². The monoisotopic (exact) mass is 270 g/mol. The van der Waals surface area contributed by atoms with E-state index in [0.29, 0.717) is 5.75 Å². The maximum atomic E-state index is 11.4. The van der Waals surface area contributed by atoms with Gasteiger partial charge in [0.2, 0.25) is 0 Å². The van der Waals surface area contributed by atoms with E-state index in [1.807, 2.05) is 42.5 Å². The summed E-state index contributed by atoms with van der Waals surface area (Å²) < 4.78 is 9.59. The van der Waals surface area contributed by atoms with Crippen LogP contribution in [0.3, 0.4) is 0 Å². The fourth-order valence-electron chi connectivity index (χ4n) is 1.67. The quantitative estimate of drug-likeness (QED) is 0.633. The van der Waals surface area contributed by atoms with Gasteiger partial charge in [-0.05, 0) is 23.3 Å². The zero-order chi connectivity index (χ0) is 14.4. The van der Waals surface area contributed by atoms with Crippen molar-refractivity contribution in [2.75, 3.05) is 6.61 Å². The van der Waals surface area contributed by atoms with Gasteiger partial charge in [-0.2, -0.15) is 0 Å². The van der Waals surface area contributed by atoms with Crippen LogP contribution >= 0.6 is 0 Å². The molecule has 0 radical (unpaired) electrons. The Hall–Kier alpha value is -2.62. The van der Waals surface area contributed by atoms with Crippen molar-refractivity contribution >= 4 is 11.9 Å². The summed E-state index contributed by atoms with van der Waals surface area (Å²) in [5.41, 5.74) is 2.12. The van der Waals surface area contributed by atoms with Gasteiger partial charge in [0.1, 0.15) is 5.75 Å². The highest BCUT2D eigenvalue weighted by Crippen LogP contribution is 2.22. The van der Waals surface area contributed by atoms with E-state index in [4.69, 9.17) is 4.74 Å². The smallest absolute Gasteiger partial charge is 0.349 e. The molecule has 0 atom stereocenters. The highest BCUT2D eigenvalue weighted by atomic mass is 16.6. The fourth-order valence-corrected chi connectivity index (χ4v) is 1.67. The largest absolute Gasteiger partial charge is 0.454 e. The first-order valence-electron chi connectivity index (χ1n) is 6.14. The molecule has 4 nitrogen and oxygen atoms in total. The third-order valence-corrected chi connectivity index (χ3v) is 2.59. The Bertz CT molecular complexity index is 588. The molecular formula is C16H14O4. The molecule has 2 aromatic carbocycles. The van der Waals surface area contributed by atoms with Crippen molar-refractivity contribution in [1.29, 1.82) is 0 Å². The van der Waals surface area contributed by atoms with Crippen molar-refractivity contribution in [3.05, 3.63) is 54.6 Å². The van der Waals surface area contributed by atoms with E-state index >= 15 is 0 Å². The van der Waals surface area contributed by atoms with Gasteiger partial charge in [0, 0.05) is 6.92 Å². The number of esters is 2. The van der Waals surface area contributed by atoms with Crippen LogP contribution in [0, 0.1) is 0 Å². The van der Waals surface area contributed by atoms with Crippen LogP contribution in [0.25, 0.3) is 11.1 Å². The fraction of sp³-hybridized carbons (Fsp3) is 0.125. The van der Waals surface area contributed by atoms with Gasteiger partial charge in [-0.3, -0.25) is 4.79 Å². The van der Waals surface area contributed by atoms with Crippen molar-refractivity contribution in [3.8, 4) is 16.9 Å². The van der Waals surface area contributed by atoms with E-state index in [2.05, 4.69) is 4.74 Å². The second-order valence-corrected chi connectivity index (χ2v) is 4.14. The SMILES string of the molecule is CC(=O)OCC(=O)Oc1ccc(-c2ccccc2)cc1. The van der Waals surface area contributed by atoms with E-state index in [0.717, 1.165) is 11.1 Å². The molecule has 2 aromatic rings. The number of ether oxygens (including phenoxy) is 2. The summed E-state index contributed by atoms with van der Waals surface area (Å²) in [6.45, 7) is 0.859. The molecule has 0 aliphatic heterocycles. The molecule has 2 rings (SSSR count). The topological polar surface area (TPSA) is 52.6 Å². The van der Waals surface area contributed by atoms with Gasteiger partial charge in [0.05, 0.1) is 0 Å². The average Bonchev–Trinajstić information content (AvgIpc) is 2.47. The minimum absolute atomic E-state index is 0.379. The lowest BCUT2D eigenvalue weighted by Crippen LogP contribution is -2.17. The summed E-state index contributed by atoms with van der Waals surface area (Å²) in [5, 5.41) is 0. The number of hydrogen-bond acceptors (Lipinski definition) is 4. The van der Waals surface area contributed by atoms with E-state index in [1.165, 1.54) is 6.92 Å². The van der Waals surface area contributed by atoms with Crippen LogP contribution in [-0.4, -0.2) is 18.5 Å². The van der Waals surface area contributed by atoms with Gasteiger partial charge in [0.15, 0.2) is 6.61 Å². The Balaban J connectivity index is 1.98. The highest BCUT2D eigenvalue weighted by Gasteiger charge is 2.07. The molecule has 0 bridgehead atoms. The number of rotatable bonds is 4. The maximum Gasteiger partial charge on any atom is 0.349 e. The van der Waals surface area contributed by atoms with Crippen LogP contribution in [0.2, 0.25) is 0 Å². The summed E-state index contributed by atoms with van der Waals surface area (Å²) in [6.07, 6.45) is 0. The molecular weight excluding hydrogens is 256 g/mol. The third kappa shape index (κ3) is 3.95. The van der Waals surface area contributed by atoms with Crippen LogP contribution < -0.4 is 4.74 Å². The van der Waals surface area contributed by atoms with Gasteiger partial charge in [-0.15, -0.1) is 0 Å². The Labute approximate surface area is 116 Å². The lowest BCUT2D eigenvalue weighted by molar-refractivity contribution is -0.152. The summed E-state index contributed by atoms with van der Waals surface area (Å²) in [4.78, 5) is 21.9. The van der Waals surface area contributed by atoms with E-state index < -0.39 is 11.9 Å². The highest BCUT2D eigenvalue weighted by molar-refractivity contribution is 5.77. The second-order valence-electron chi connectivity index (χ2n) is 4.14. The van der Waals surface area contributed by atoms with Crippen LogP contribution in [-0.2, 0) is 14.3 Å². The molecule has 0 saturated heterocycles. The Morgan fingerprint density at radius 1 is 0.900 bits per heavy atom. The number of carbonyl (C=O) groups excluding carboxylic acids is 2. The minimum atomic E-state index is -0.604. The van der Waals surface area contributed by atoms with Crippen LogP contribution in [0.5, 0.6) is 5.75 Å². The lowest BCUT2D eigenvalue weighted by atomic mass is 10.1. The van der Waals surface area contributed by atoms with Crippen LogP contribution in [0.1, 0.15) is 6.92 Å². The molecule has 4 heteroatoms. The van der Waals surface area contributed by atoms with Gasteiger partial charge in [-0.1, -0.05) is 42.5 Å². The van der Waals surface area contributed by atoms with Crippen molar-refractivity contribution in [1.82, 2.24) is 0 Å². The van der Waals surface area contributed by atoms with Crippen molar-refractivity contribution in [2.24, 2.45) is 0 Å². The summed E-state index contributed by atoms with van der Waals surface area (Å²) in [5.74, 6) is -0.698. The normalized spacial score (nSPS) is 9.85. The molecule has 0 saturated carbocycles. The van der Waals surface area contributed by atoms with Crippen molar-refractivity contribution < 1.29 is 19.1 Å². The third-order valence-electron chi connectivity index (χ3n) is 2.59. The zero-order valence-corrected chi connectivity index (χ0v) is 11.0. The van der Waals surface area contributed by atoms with Gasteiger partial charge < -0.3 is 9.47 Å². The zero-order valence-electron chi connectivity index (χ0n) is 11.0. The van der Waals surface area contributed by atoms with E-state index in [9.17, 15) is 9.59 Å². The lowest BCUT2D eigenvalue weighted by Gasteiger charge is -2.06. The predicted molar refractivity (Wildman–Crippen MR) is 74.1 cm³/mol. The molecule has 0 amide bonds. The average molecular weight is 270 g/mol. The Morgan fingerprint density at radius 3 is 2.10 bits per heavy atom. The molecule has 0 heterocycles. The summed E-state index contributed by atoms with van der Waals surface area (Å²) >= 11 is 0. The second kappa shape index (κ2) is 6.52. The van der Waals surface area contributed by atoms with Crippen molar-refractivity contribution in [3.63, 3.8) is 0 Å². The number of benzene rings is 2.